The van der Waals surface area contributed by atoms with Gasteiger partial charge in [-0.3, -0.25) is 0 Å². The zero-order chi connectivity index (χ0) is 12.0. The zero-order valence-corrected chi connectivity index (χ0v) is 11.1. The molecule has 0 amide bonds. The summed E-state index contributed by atoms with van der Waals surface area (Å²) in [7, 11) is 0. The van der Waals surface area contributed by atoms with Crippen LogP contribution in [0.3, 0.4) is 0 Å². The van der Waals surface area contributed by atoms with Crippen molar-refractivity contribution < 1.29 is 4.74 Å². The van der Waals surface area contributed by atoms with Gasteiger partial charge in [0, 0.05) is 12.6 Å². The molecule has 1 aliphatic carbocycles. The molecule has 1 atom stereocenters. The van der Waals surface area contributed by atoms with Crippen LogP contribution >= 0.6 is 0 Å². The van der Waals surface area contributed by atoms with E-state index in [1.54, 1.807) is 0 Å². The molecular formula is C14H27NO. The third-order valence-electron chi connectivity index (χ3n) is 3.23. The first-order valence-corrected chi connectivity index (χ1v) is 6.45. The molecule has 0 radical (unpaired) electrons. The number of hydrogen-bond donors (Lipinski definition) is 1. The second kappa shape index (κ2) is 6.41. The van der Waals surface area contributed by atoms with Crippen LogP contribution in [-0.4, -0.2) is 25.8 Å². The van der Waals surface area contributed by atoms with Crippen LogP contribution in [0.2, 0.25) is 0 Å². The van der Waals surface area contributed by atoms with Crippen LogP contribution in [-0.2, 0) is 4.74 Å². The van der Waals surface area contributed by atoms with Crippen molar-refractivity contribution in [3.8, 4) is 0 Å². The van der Waals surface area contributed by atoms with Gasteiger partial charge in [-0.1, -0.05) is 32.4 Å². The van der Waals surface area contributed by atoms with Crippen LogP contribution in [0, 0.1) is 5.41 Å². The molecule has 0 aliphatic heterocycles. The van der Waals surface area contributed by atoms with E-state index in [9.17, 15) is 0 Å². The molecule has 2 heteroatoms. The minimum Gasteiger partial charge on any atom is -0.376 e. The lowest BCUT2D eigenvalue weighted by Crippen LogP contribution is -2.38. The van der Waals surface area contributed by atoms with E-state index in [1.807, 2.05) is 6.92 Å². The van der Waals surface area contributed by atoms with Gasteiger partial charge in [0.05, 0.1) is 13.2 Å². The van der Waals surface area contributed by atoms with E-state index in [0.29, 0.717) is 18.1 Å². The van der Waals surface area contributed by atoms with Crippen LogP contribution < -0.4 is 5.32 Å². The molecule has 0 aromatic heterocycles. The third-order valence-corrected chi connectivity index (χ3v) is 3.23. The van der Waals surface area contributed by atoms with Gasteiger partial charge in [-0.15, -0.1) is 0 Å². The molecule has 1 N–H and O–H groups in total. The van der Waals surface area contributed by atoms with E-state index in [2.05, 4.69) is 25.7 Å². The summed E-state index contributed by atoms with van der Waals surface area (Å²) in [4.78, 5) is 0. The average Bonchev–Trinajstić information content (AvgIpc) is 2.15. The molecule has 0 saturated heterocycles. The zero-order valence-electron chi connectivity index (χ0n) is 11.1. The molecule has 1 fully saturated rings. The lowest BCUT2D eigenvalue weighted by Gasteiger charge is -2.35. The highest BCUT2D eigenvalue weighted by Gasteiger charge is 2.27. The van der Waals surface area contributed by atoms with Crippen molar-refractivity contribution in [2.45, 2.75) is 52.5 Å². The normalized spacial score (nSPS) is 24.3. The Morgan fingerprint density at radius 2 is 2.25 bits per heavy atom. The Morgan fingerprint density at radius 1 is 1.50 bits per heavy atom. The van der Waals surface area contributed by atoms with E-state index < -0.39 is 0 Å². The standard InChI is InChI=1S/C14H27NO/c1-12(2)11-16-9-8-15-13-6-5-7-14(3,4)10-13/h13,15H,1,5-11H2,2-4H3. The van der Waals surface area contributed by atoms with Gasteiger partial charge >= 0.3 is 0 Å². The Bertz CT molecular complexity index is 223. The van der Waals surface area contributed by atoms with Gasteiger partial charge in [-0.05, 0) is 31.6 Å². The summed E-state index contributed by atoms with van der Waals surface area (Å²) in [5.74, 6) is 0. The highest BCUT2D eigenvalue weighted by molar-refractivity contribution is 4.87. The van der Waals surface area contributed by atoms with Crippen LogP contribution in [0.5, 0.6) is 0 Å². The monoisotopic (exact) mass is 225 g/mol. The summed E-state index contributed by atoms with van der Waals surface area (Å²) in [6.07, 6.45) is 5.35. The second-order valence-electron chi connectivity index (χ2n) is 5.92. The first-order valence-electron chi connectivity index (χ1n) is 6.45. The van der Waals surface area contributed by atoms with E-state index in [-0.39, 0.29) is 0 Å². The summed E-state index contributed by atoms with van der Waals surface area (Å²) < 4.78 is 5.48. The highest BCUT2D eigenvalue weighted by atomic mass is 16.5. The number of rotatable bonds is 6. The first-order chi connectivity index (χ1) is 7.49. The minimum atomic E-state index is 0.522. The van der Waals surface area contributed by atoms with E-state index >= 15 is 0 Å². The Hall–Kier alpha value is -0.340. The van der Waals surface area contributed by atoms with Crippen LogP contribution in [0.4, 0.5) is 0 Å². The molecular weight excluding hydrogens is 198 g/mol. The lowest BCUT2D eigenvalue weighted by atomic mass is 9.75. The maximum atomic E-state index is 5.48. The highest BCUT2D eigenvalue weighted by Crippen LogP contribution is 2.34. The van der Waals surface area contributed by atoms with Crippen molar-refractivity contribution in [1.82, 2.24) is 5.32 Å². The van der Waals surface area contributed by atoms with Gasteiger partial charge in [0.25, 0.3) is 0 Å². The number of nitrogens with one attached hydrogen (secondary N) is 1. The Labute approximate surface area is 100 Å². The van der Waals surface area contributed by atoms with Crippen molar-refractivity contribution in [1.29, 1.82) is 0 Å². The van der Waals surface area contributed by atoms with Crippen LogP contribution in [0.15, 0.2) is 12.2 Å². The fourth-order valence-corrected chi connectivity index (χ4v) is 2.45. The van der Waals surface area contributed by atoms with Crippen LogP contribution in [0.25, 0.3) is 0 Å². The van der Waals surface area contributed by atoms with E-state index in [1.165, 1.54) is 25.7 Å². The molecule has 0 aromatic rings. The van der Waals surface area contributed by atoms with E-state index in [4.69, 9.17) is 4.74 Å². The molecule has 0 aromatic carbocycles. The Balaban J connectivity index is 2.06. The SMILES string of the molecule is C=C(C)COCCNC1CCCC(C)(C)C1. The predicted octanol–water partition coefficient (Wildman–Crippen LogP) is 3.14. The van der Waals surface area contributed by atoms with Gasteiger partial charge < -0.3 is 10.1 Å². The molecule has 1 unspecified atom stereocenters. The van der Waals surface area contributed by atoms with Gasteiger partial charge in [0.15, 0.2) is 0 Å². The fourth-order valence-electron chi connectivity index (χ4n) is 2.45. The van der Waals surface area contributed by atoms with Crippen molar-refractivity contribution in [3.63, 3.8) is 0 Å². The lowest BCUT2D eigenvalue weighted by molar-refractivity contribution is 0.143. The number of ether oxygens (including phenoxy) is 1. The van der Waals surface area contributed by atoms with Crippen molar-refractivity contribution in [2.24, 2.45) is 5.41 Å². The average molecular weight is 225 g/mol. The van der Waals surface area contributed by atoms with Crippen LogP contribution in [0.1, 0.15) is 46.5 Å². The number of hydrogen-bond acceptors (Lipinski definition) is 2. The largest absolute Gasteiger partial charge is 0.376 e. The maximum Gasteiger partial charge on any atom is 0.0672 e. The summed E-state index contributed by atoms with van der Waals surface area (Å²) in [6.45, 7) is 13.0. The minimum absolute atomic E-state index is 0.522. The molecule has 1 rings (SSSR count). The Morgan fingerprint density at radius 3 is 2.88 bits per heavy atom. The Kier molecular flexibility index (Phi) is 5.50. The van der Waals surface area contributed by atoms with Gasteiger partial charge in [-0.2, -0.15) is 0 Å². The summed E-state index contributed by atoms with van der Waals surface area (Å²) in [5, 5.41) is 3.60. The molecule has 1 aliphatic rings. The quantitative estimate of drug-likeness (QED) is 0.554. The smallest absolute Gasteiger partial charge is 0.0672 e. The topological polar surface area (TPSA) is 21.3 Å². The molecule has 2 nitrogen and oxygen atoms in total. The summed E-state index contributed by atoms with van der Waals surface area (Å²) >= 11 is 0. The third kappa shape index (κ3) is 5.66. The van der Waals surface area contributed by atoms with Crippen molar-refractivity contribution in [2.75, 3.05) is 19.8 Å². The predicted molar refractivity (Wildman–Crippen MR) is 69.7 cm³/mol. The molecule has 1 saturated carbocycles. The molecule has 0 heterocycles. The van der Waals surface area contributed by atoms with Crippen molar-refractivity contribution in [3.05, 3.63) is 12.2 Å². The van der Waals surface area contributed by atoms with Crippen molar-refractivity contribution >= 4 is 0 Å². The summed E-state index contributed by atoms with van der Waals surface area (Å²) in [6, 6.07) is 0.692. The summed E-state index contributed by atoms with van der Waals surface area (Å²) in [5.41, 5.74) is 1.62. The molecule has 0 spiro atoms. The fraction of sp³-hybridized carbons (Fsp3) is 0.857. The maximum absolute atomic E-state index is 5.48. The first kappa shape index (κ1) is 13.7. The van der Waals surface area contributed by atoms with Gasteiger partial charge in [0.2, 0.25) is 0 Å². The van der Waals surface area contributed by atoms with Gasteiger partial charge in [-0.25, -0.2) is 0 Å². The van der Waals surface area contributed by atoms with E-state index in [0.717, 1.165) is 18.7 Å². The second-order valence-corrected chi connectivity index (χ2v) is 5.92. The molecule has 0 bridgehead atoms. The molecule has 94 valence electrons. The van der Waals surface area contributed by atoms with Gasteiger partial charge in [0.1, 0.15) is 0 Å². The molecule has 16 heavy (non-hydrogen) atoms.